The van der Waals surface area contributed by atoms with Crippen LogP contribution < -0.4 is 10.6 Å². The van der Waals surface area contributed by atoms with Gasteiger partial charge in [0.05, 0.1) is 13.2 Å². The third-order valence-electron chi connectivity index (χ3n) is 2.36. The minimum absolute atomic E-state index is 0.205. The fourth-order valence-electron chi connectivity index (χ4n) is 1.28. The van der Waals surface area contributed by atoms with Gasteiger partial charge in [0.25, 0.3) is 5.91 Å². The first-order chi connectivity index (χ1) is 9.63. The van der Waals surface area contributed by atoms with Crippen LogP contribution >= 0.6 is 11.3 Å². The standard InChI is InChI=1S/C12H23N5O2S/c1-4-5-14-12-16-15-11(20-12)10(18)13-6-8-19-9-7-17(2)3/h4-9H2,1-3H3,(H,13,18)(H,14,16). The summed E-state index contributed by atoms with van der Waals surface area (Å²) in [5.41, 5.74) is 0. The predicted molar refractivity (Wildman–Crippen MR) is 80.4 cm³/mol. The van der Waals surface area contributed by atoms with E-state index in [-0.39, 0.29) is 5.91 Å². The molecule has 1 aromatic heterocycles. The van der Waals surface area contributed by atoms with Gasteiger partial charge in [-0.2, -0.15) is 0 Å². The van der Waals surface area contributed by atoms with Crippen LogP contribution in [0.15, 0.2) is 0 Å². The van der Waals surface area contributed by atoms with Crippen molar-refractivity contribution in [1.29, 1.82) is 0 Å². The Hall–Kier alpha value is -1.25. The molecule has 0 spiro atoms. The molecular weight excluding hydrogens is 278 g/mol. The molecule has 0 unspecified atom stereocenters. The number of aromatic nitrogens is 2. The maximum absolute atomic E-state index is 11.8. The summed E-state index contributed by atoms with van der Waals surface area (Å²) >= 11 is 1.26. The molecule has 7 nitrogen and oxygen atoms in total. The van der Waals surface area contributed by atoms with Gasteiger partial charge in [-0.25, -0.2) is 0 Å². The summed E-state index contributed by atoms with van der Waals surface area (Å²) < 4.78 is 5.39. The third kappa shape index (κ3) is 6.78. The number of hydrogen-bond acceptors (Lipinski definition) is 7. The highest BCUT2D eigenvalue weighted by molar-refractivity contribution is 7.17. The van der Waals surface area contributed by atoms with Crippen LogP contribution in [0.4, 0.5) is 5.13 Å². The molecule has 1 aromatic rings. The van der Waals surface area contributed by atoms with E-state index < -0.39 is 0 Å². The highest BCUT2D eigenvalue weighted by Gasteiger charge is 2.11. The van der Waals surface area contributed by atoms with Crippen LogP contribution in [0.25, 0.3) is 0 Å². The lowest BCUT2D eigenvalue weighted by Gasteiger charge is -2.09. The highest BCUT2D eigenvalue weighted by Crippen LogP contribution is 2.14. The Morgan fingerprint density at radius 1 is 1.30 bits per heavy atom. The van der Waals surface area contributed by atoms with E-state index in [9.17, 15) is 4.79 Å². The van der Waals surface area contributed by atoms with Gasteiger partial charge in [0.15, 0.2) is 0 Å². The summed E-state index contributed by atoms with van der Waals surface area (Å²) in [6, 6.07) is 0. The van der Waals surface area contributed by atoms with Gasteiger partial charge in [-0.1, -0.05) is 18.3 Å². The van der Waals surface area contributed by atoms with E-state index in [4.69, 9.17) is 4.74 Å². The molecular formula is C12H23N5O2S. The Bertz CT molecular complexity index is 397. The minimum atomic E-state index is -0.205. The number of carbonyl (C=O) groups excluding carboxylic acids is 1. The molecule has 0 aliphatic rings. The predicted octanol–water partition coefficient (Wildman–Crippen LogP) is 0.668. The third-order valence-corrected chi connectivity index (χ3v) is 3.24. The van der Waals surface area contributed by atoms with E-state index in [1.807, 2.05) is 19.0 Å². The summed E-state index contributed by atoms with van der Waals surface area (Å²) in [5.74, 6) is -0.205. The van der Waals surface area contributed by atoms with Gasteiger partial charge in [0.2, 0.25) is 10.1 Å². The lowest BCUT2D eigenvalue weighted by Crippen LogP contribution is -2.28. The molecule has 0 aromatic carbocycles. The first-order valence-electron chi connectivity index (χ1n) is 6.71. The first-order valence-corrected chi connectivity index (χ1v) is 7.53. The summed E-state index contributed by atoms with van der Waals surface area (Å²) in [5, 5.41) is 14.7. The van der Waals surface area contributed by atoms with Crippen molar-refractivity contribution in [2.75, 3.05) is 52.3 Å². The molecule has 20 heavy (non-hydrogen) atoms. The molecule has 1 amide bonds. The van der Waals surface area contributed by atoms with Gasteiger partial charge in [-0.05, 0) is 20.5 Å². The van der Waals surface area contributed by atoms with Gasteiger partial charge in [0, 0.05) is 19.6 Å². The first kappa shape index (κ1) is 16.8. The molecule has 0 aliphatic carbocycles. The molecule has 0 saturated carbocycles. The molecule has 1 heterocycles. The van der Waals surface area contributed by atoms with E-state index >= 15 is 0 Å². The number of likely N-dealkylation sites (N-methyl/N-ethyl adjacent to an activating group) is 1. The molecule has 0 aliphatic heterocycles. The lowest BCUT2D eigenvalue weighted by molar-refractivity contribution is 0.0899. The summed E-state index contributed by atoms with van der Waals surface area (Å²) in [6.07, 6.45) is 1.01. The second kappa shape index (κ2) is 9.62. The number of rotatable bonds is 10. The Balaban J connectivity index is 2.17. The van der Waals surface area contributed by atoms with Crippen molar-refractivity contribution in [2.24, 2.45) is 0 Å². The zero-order valence-corrected chi connectivity index (χ0v) is 13.1. The molecule has 0 bridgehead atoms. The largest absolute Gasteiger partial charge is 0.378 e. The lowest BCUT2D eigenvalue weighted by atomic mass is 10.5. The normalized spacial score (nSPS) is 10.8. The molecule has 1 rings (SSSR count). The number of nitrogens with zero attached hydrogens (tertiary/aromatic N) is 3. The molecule has 0 atom stereocenters. The van der Waals surface area contributed by atoms with E-state index in [2.05, 4.69) is 27.8 Å². The number of anilines is 1. The van der Waals surface area contributed by atoms with Gasteiger partial charge >= 0.3 is 0 Å². The number of carbonyl (C=O) groups is 1. The summed E-state index contributed by atoms with van der Waals surface area (Å²) in [4.78, 5) is 13.8. The van der Waals surface area contributed by atoms with Crippen molar-refractivity contribution in [1.82, 2.24) is 20.4 Å². The second-order valence-electron chi connectivity index (χ2n) is 4.51. The fourth-order valence-corrected chi connectivity index (χ4v) is 1.97. The monoisotopic (exact) mass is 301 g/mol. The quantitative estimate of drug-likeness (QED) is 0.618. The van der Waals surface area contributed by atoms with Gasteiger partial charge in [0.1, 0.15) is 0 Å². The maximum atomic E-state index is 11.8. The Kier molecular flexibility index (Phi) is 8.08. The Morgan fingerprint density at radius 3 is 2.80 bits per heavy atom. The SMILES string of the molecule is CCCNc1nnc(C(=O)NCCOCCN(C)C)s1. The average molecular weight is 301 g/mol. The molecule has 2 N–H and O–H groups in total. The van der Waals surface area contributed by atoms with Crippen LogP contribution in [0.1, 0.15) is 23.1 Å². The van der Waals surface area contributed by atoms with Crippen molar-refractivity contribution in [3.05, 3.63) is 5.01 Å². The van der Waals surface area contributed by atoms with E-state index in [1.165, 1.54) is 11.3 Å². The van der Waals surface area contributed by atoms with Gasteiger partial charge < -0.3 is 20.3 Å². The van der Waals surface area contributed by atoms with E-state index in [0.29, 0.717) is 29.9 Å². The number of hydrogen-bond donors (Lipinski definition) is 2. The number of nitrogens with one attached hydrogen (secondary N) is 2. The fraction of sp³-hybridized carbons (Fsp3) is 0.750. The van der Waals surface area contributed by atoms with Gasteiger partial charge in [-0.15, -0.1) is 10.2 Å². The molecule has 0 saturated heterocycles. The second-order valence-corrected chi connectivity index (χ2v) is 5.49. The topological polar surface area (TPSA) is 79.4 Å². The zero-order chi connectivity index (χ0) is 14.8. The Morgan fingerprint density at radius 2 is 2.10 bits per heavy atom. The minimum Gasteiger partial charge on any atom is -0.378 e. The van der Waals surface area contributed by atoms with Crippen LogP contribution in [0.2, 0.25) is 0 Å². The van der Waals surface area contributed by atoms with Crippen molar-refractivity contribution in [3.63, 3.8) is 0 Å². The van der Waals surface area contributed by atoms with Crippen LogP contribution in [-0.2, 0) is 4.74 Å². The molecule has 0 radical (unpaired) electrons. The van der Waals surface area contributed by atoms with Crippen molar-refractivity contribution in [3.8, 4) is 0 Å². The van der Waals surface area contributed by atoms with Crippen LogP contribution in [0.5, 0.6) is 0 Å². The number of ether oxygens (including phenoxy) is 1. The van der Waals surface area contributed by atoms with Gasteiger partial charge in [-0.3, -0.25) is 4.79 Å². The van der Waals surface area contributed by atoms with Crippen LogP contribution in [-0.4, -0.2) is 67.9 Å². The van der Waals surface area contributed by atoms with Crippen LogP contribution in [0, 0.1) is 0 Å². The molecule has 114 valence electrons. The van der Waals surface area contributed by atoms with Crippen molar-refractivity contribution in [2.45, 2.75) is 13.3 Å². The van der Waals surface area contributed by atoms with E-state index in [1.54, 1.807) is 0 Å². The zero-order valence-electron chi connectivity index (χ0n) is 12.3. The summed E-state index contributed by atoms with van der Waals surface area (Å²) in [6.45, 7) is 5.40. The number of amides is 1. The Labute approximate surface area is 123 Å². The molecule has 0 fully saturated rings. The van der Waals surface area contributed by atoms with Crippen molar-refractivity contribution < 1.29 is 9.53 Å². The maximum Gasteiger partial charge on any atom is 0.282 e. The smallest absolute Gasteiger partial charge is 0.282 e. The molecule has 8 heteroatoms. The van der Waals surface area contributed by atoms with Crippen molar-refractivity contribution >= 4 is 22.4 Å². The van der Waals surface area contributed by atoms with Crippen LogP contribution in [0.3, 0.4) is 0 Å². The van der Waals surface area contributed by atoms with E-state index in [0.717, 1.165) is 19.5 Å². The summed E-state index contributed by atoms with van der Waals surface area (Å²) in [7, 11) is 3.98. The highest BCUT2D eigenvalue weighted by atomic mass is 32.1. The average Bonchev–Trinajstić information content (AvgIpc) is 2.88.